The van der Waals surface area contributed by atoms with E-state index < -0.39 is 0 Å². The van der Waals surface area contributed by atoms with Crippen LogP contribution in [-0.2, 0) is 4.79 Å². The maximum atomic E-state index is 12.9. The van der Waals surface area contributed by atoms with E-state index in [4.69, 9.17) is 0 Å². The third-order valence-corrected chi connectivity index (χ3v) is 5.72. The van der Waals surface area contributed by atoms with Gasteiger partial charge in [-0.3, -0.25) is 9.79 Å². The summed E-state index contributed by atoms with van der Waals surface area (Å²) in [6.45, 7) is 27.1. The molecule has 0 heterocycles. The van der Waals surface area contributed by atoms with Gasteiger partial charge < -0.3 is 5.32 Å². The van der Waals surface area contributed by atoms with Crippen molar-refractivity contribution in [2.24, 2.45) is 28.2 Å². The number of carbonyl (C=O) groups excluding carboxylic acids is 1. The van der Waals surface area contributed by atoms with E-state index in [2.05, 4.69) is 69.7 Å². The monoisotopic (exact) mass is 402 g/mol. The average Bonchev–Trinajstić information content (AvgIpc) is 3.57. The molecule has 0 aromatic carbocycles. The van der Waals surface area contributed by atoms with Crippen molar-refractivity contribution < 1.29 is 4.79 Å². The van der Waals surface area contributed by atoms with Gasteiger partial charge >= 0.3 is 0 Å². The van der Waals surface area contributed by atoms with Gasteiger partial charge in [-0.1, -0.05) is 83.2 Å². The summed E-state index contributed by atoms with van der Waals surface area (Å²) in [4.78, 5) is 16.9. The first-order chi connectivity index (χ1) is 14.3. The Labute approximate surface area is 182 Å². The highest BCUT2D eigenvalue weighted by Crippen LogP contribution is 2.55. The van der Waals surface area contributed by atoms with Crippen LogP contribution in [0.2, 0.25) is 0 Å². The van der Waals surface area contributed by atoms with Gasteiger partial charge in [-0.15, -0.1) is 6.58 Å². The fourth-order valence-corrected chi connectivity index (χ4v) is 3.37. The lowest BCUT2D eigenvalue weighted by Gasteiger charge is -2.31. The molecule has 0 saturated heterocycles. The van der Waals surface area contributed by atoms with E-state index in [9.17, 15) is 4.79 Å². The number of aliphatic imine (C=N–C) groups is 1. The minimum atomic E-state index is -0.147. The van der Waals surface area contributed by atoms with Crippen LogP contribution in [0.1, 0.15) is 20.3 Å². The van der Waals surface area contributed by atoms with Crippen LogP contribution in [0.4, 0.5) is 0 Å². The van der Waals surface area contributed by atoms with Crippen LogP contribution in [0.5, 0.6) is 0 Å². The summed E-state index contributed by atoms with van der Waals surface area (Å²) in [7, 11) is 0. The Kier molecular flexibility index (Phi) is 9.70. The number of rotatable bonds is 13. The maximum Gasteiger partial charge on any atom is 0.227 e. The number of amides is 1. The zero-order valence-electron chi connectivity index (χ0n) is 18.3. The molecule has 158 valence electrons. The molecular formula is C27H34N2O. The molecule has 1 aliphatic carbocycles. The van der Waals surface area contributed by atoms with E-state index in [-0.39, 0.29) is 29.1 Å². The minimum absolute atomic E-state index is 0.00195. The van der Waals surface area contributed by atoms with E-state index in [0.29, 0.717) is 5.70 Å². The van der Waals surface area contributed by atoms with Crippen molar-refractivity contribution in [3.63, 3.8) is 0 Å². The molecule has 30 heavy (non-hydrogen) atoms. The summed E-state index contributed by atoms with van der Waals surface area (Å²) in [5, 5.41) is 2.98. The Bertz CT molecular complexity index is 837. The molecule has 1 rings (SSSR count). The summed E-state index contributed by atoms with van der Waals surface area (Å²) in [5.41, 5.74) is 1.96. The van der Waals surface area contributed by atoms with Crippen molar-refractivity contribution in [3.05, 3.63) is 111 Å². The van der Waals surface area contributed by atoms with Gasteiger partial charge in [0.05, 0.1) is 0 Å². The first-order valence-corrected chi connectivity index (χ1v) is 10.0. The molecule has 1 fully saturated rings. The molecule has 1 N–H and O–H groups in total. The second-order valence-corrected chi connectivity index (χ2v) is 7.56. The lowest BCUT2D eigenvalue weighted by Crippen LogP contribution is -2.30. The topological polar surface area (TPSA) is 41.5 Å². The van der Waals surface area contributed by atoms with E-state index in [1.807, 2.05) is 18.2 Å². The van der Waals surface area contributed by atoms with Crippen LogP contribution in [-0.4, -0.2) is 12.1 Å². The smallest absolute Gasteiger partial charge is 0.227 e. The Balaban J connectivity index is 2.99. The number of allylic oxidation sites excluding steroid dienone is 10. The van der Waals surface area contributed by atoms with Crippen LogP contribution in [0.3, 0.4) is 0 Å². The predicted octanol–water partition coefficient (Wildman–Crippen LogP) is 6.26. The van der Waals surface area contributed by atoms with Gasteiger partial charge in [-0.05, 0) is 47.0 Å². The van der Waals surface area contributed by atoms with Crippen LogP contribution in [0.15, 0.2) is 116 Å². The summed E-state index contributed by atoms with van der Waals surface area (Å²) >= 11 is 0. The fraction of sp³-hybridized carbons (Fsp3) is 0.259. The van der Waals surface area contributed by atoms with Crippen LogP contribution >= 0.6 is 0 Å². The SMILES string of the molecule is C=C/C=C\C(C)(C1CC1C(=O)N/C(C=C)=C/C=C(/C=NC=C)C(=C)C=C)[C@H](C)C=C. The van der Waals surface area contributed by atoms with Crippen LogP contribution < -0.4 is 5.32 Å². The van der Waals surface area contributed by atoms with Crippen molar-refractivity contribution in [1.29, 1.82) is 0 Å². The highest BCUT2D eigenvalue weighted by atomic mass is 16.2. The predicted molar refractivity (Wildman–Crippen MR) is 131 cm³/mol. The third kappa shape index (κ3) is 6.41. The Morgan fingerprint density at radius 3 is 2.40 bits per heavy atom. The average molecular weight is 403 g/mol. The normalized spacial score (nSPS) is 22.1. The Morgan fingerprint density at radius 1 is 1.17 bits per heavy atom. The number of nitrogens with one attached hydrogen (secondary N) is 1. The fourth-order valence-electron chi connectivity index (χ4n) is 3.37. The quantitative estimate of drug-likeness (QED) is 0.220. The van der Waals surface area contributed by atoms with Crippen molar-refractivity contribution in [2.75, 3.05) is 0 Å². The number of hydrogen-bond donors (Lipinski definition) is 1. The van der Waals surface area contributed by atoms with Gasteiger partial charge in [0.2, 0.25) is 5.91 Å². The highest BCUT2D eigenvalue weighted by molar-refractivity contribution is 5.87. The zero-order chi connectivity index (χ0) is 22.7. The van der Waals surface area contributed by atoms with Gasteiger partial charge in [0, 0.05) is 24.0 Å². The molecule has 0 aromatic rings. The Morgan fingerprint density at radius 2 is 1.87 bits per heavy atom. The molecule has 1 saturated carbocycles. The van der Waals surface area contributed by atoms with Crippen molar-refractivity contribution >= 4 is 12.1 Å². The second kappa shape index (κ2) is 11.7. The van der Waals surface area contributed by atoms with Crippen molar-refractivity contribution in [2.45, 2.75) is 20.3 Å². The lowest BCUT2D eigenvalue weighted by molar-refractivity contribution is -0.122. The molecule has 3 heteroatoms. The highest BCUT2D eigenvalue weighted by Gasteiger charge is 2.53. The van der Waals surface area contributed by atoms with Gasteiger partial charge in [0.15, 0.2) is 0 Å². The molecule has 0 aromatic heterocycles. The third-order valence-electron chi connectivity index (χ3n) is 5.72. The Hall–Kier alpha value is -3.20. The van der Waals surface area contributed by atoms with Gasteiger partial charge in [-0.25, -0.2) is 0 Å². The van der Waals surface area contributed by atoms with E-state index >= 15 is 0 Å². The first kappa shape index (κ1) is 24.8. The standard InChI is InChI=1S/C27H34N2O/c1-9-14-17-27(8,21(7)11-3)25-18-24(25)26(30)29-23(12-4)16-15-22(19-28-13-5)20(6)10-2/h9-17,19,21,24-25H,1-6,18H2,7-8H3,(H,29,30)/b17-14-,22-15-,23-16+,28-19?/t21-,24?,25?,27?/m1/s1. The minimum Gasteiger partial charge on any atom is -0.326 e. The molecule has 3 unspecified atom stereocenters. The summed E-state index contributed by atoms with van der Waals surface area (Å²) in [6.07, 6.45) is 18.6. The molecule has 0 spiro atoms. The first-order valence-electron chi connectivity index (χ1n) is 10.0. The van der Waals surface area contributed by atoms with E-state index in [0.717, 1.165) is 17.6 Å². The van der Waals surface area contributed by atoms with Gasteiger partial charge in [-0.2, -0.15) is 0 Å². The molecule has 0 radical (unpaired) electrons. The number of nitrogens with zero attached hydrogens (tertiary/aromatic N) is 1. The zero-order valence-corrected chi connectivity index (χ0v) is 18.3. The maximum absolute atomic E-state index is 12.9. The summed E-state index contributed by atoms with van der Waals surface area (Å²) in [6, 6.07) is 0. The summed E-state index contributed by atoms with van der Waals surface area (Å²) in [5.74, 6) is 0.437. The molecule has 1 aliphatic rings. The van der Waals surface area contributed by atoms with Crippen LogP contribution in [0, 0.1) is 23.2 Å². The van der Waals surface area contributed by atoms with E-state index in [1.54, 1.807) is 30.5 Å². The lowest BCUT2D eigenvalue weighted by atomic mass is 9.73. The molecule has 3 nitrogen and oxygen atoms in total. The van der Waals surface area contributed by atoms with Gasteiger partial charge in [0.25, 0.3) is 0 Å². The largest absolute Gasteiger partial charge is 0.326 e. The number of carbonyl (C=O) groups is 1. The molecule has 0 bridgehead atoms. The molecule has 0 aliphatic heterocycles. The van der Waals surface area contributed by atoms with E-state index in [1.165, 1.54) is 6.20 Å². The second-order valence-electron chi connectivity index (χ2n) is 7.56. The van der Waals surface area contributed by atoms with Crippen LogP contribution in [0.25, 0.3) is 0 Å². The van der Waals surface area contributed by atoms with Crippen molar-refractivity contribution in [1.82, 2.24) is 5.32 Å². The molecule has 4 atom stereocenters. The summed E-state index contributed by atoms with van der Waals surface area (Å²) < 4.78 is 0. The van der Waals surface area contributed by atoms with Gasteiger partial charge in [0.1, 0.15) is 0 Å². The number of hydrogen-bond acceptors (Lipinski definition) is 2. The van der Waals surface area contributed by atoms with Crippen molar-refractivity contribution in [3.8, 4) is 0 Å². The molecule has 1 amide bonds. The molecular weight excluding hydrogens is 368 g/mol.